The number of nitrogens with zero attached hydrogens (tertiary/aromatic N) is 2. The summed E-state index contributed by atoms with van der Waals surface area (Å²) >= 11 is 0. The summed E-state index contributed by atoms with van der Waals surface area (Å²) in [5.74, 6) is 0. The molecule has 0 heterocycles. The Morgan fingerprint density at radius 1 is 1.27 bits per heavy atom. The van der Waals surface area contributed by atoms with Crippen LogP contribution in [0.1, 0.15) is 26.7 Å². The molecule has 0 unspecified atom stereocenters. The Kier molecular flexibility index (Phi) is 2.69. The van der Waals surface area contributed by atoms with Crippen molar-refractivity contribution in [2.24, 2.45) is 0 Å². The van der Waals surface area contributed by atoms with E-state index in [-0.39, 0.29) is 6.42 Å². The Hall–Kier alpha value is -1.24. The maximum atomic E-state index is 11.0. The van der Waals surface area contributed by atoms with Crippen molar-refractivity contribution in [3.63, 3.8) is 0 Å². The van der Waals surface area contributed by atoms with Crippen LogP contribution in [-0.4, -0.2) is 34.1 Å². The van der Waals surface area contributed by atoms with Crippen LogP contribution in [0.4, 0.5) is 0 Å². The van der Waals surface area contributed by atoms with Gasteiger partial charge in [0.2, 0.25) is 0 Å². The predicted molar refractivity (Wildman–Crippen MR) is 50.8 cm³/mol. The lowest BCUT2D eigenvalue weighted by Crippen LogP contribution is -2.61. The second-order valence-electron chi connectivity index (χ2n) is 4.20. The van der Waals surface area contributed by atoms with E-state index < -0.39 is 27.0 Å². The van der Waals surface area contributed by atoms with Crippen molar-refractivity contribution >= 4 is 0 Å². The van der Waals surface area contributed by atoms with Crippen LogP contribution in [0, 0.1) is 20.2 Å². The highest BCUT2D eigenvalue weighted by Gasteiger charge is 2.73. The van der Waals surface area contributed by atoms with Crippen molar-refractivity contribution < 1.29 is 14.6 Å². The Morgan fingerprint density at radius 3 is 2.13 bits per heavy atom. The molecule has 0 aromatic heterocycles. The molecule has 0 aliphatic heterocycles. The monoisotopic (exact) mass is 218 g/mol. The van der Waals surface area contributed by atoms with Crippen LogP contribution in [-0.2, 0) is 4.74 Å². The van der Waals surface area contributed by atoms with Gasteiger partial charge in [0.05, 0.1) is 0 Å². The van der Waals surface area contributed by atoms with E-state index in [1.165, 1.54) is 21.0 Å². The van der Waals surface area contributed by atoms with E-state index >= 15 is 0 Å². The molecule has 86 valence electrons. The Balaban J connectivity index is 3.23. The standard InChI is InChI=1S/C8H14N2O5/c1-7(9(11)12)5-4-6(15-3)8(7,2)10(13)14/h6H,4-5H2,1-3H3/t6-,7+,8-/m1/s1. The molecule has 1 aliphatic rings. The van der Waals surface area contributed by atoms with Crippen LogP contribution >= 0.6 is 0 Å². The van der Waals surface area contributed by atoms with Gasteiger partial charge < -0.3 is 4.74 Å². The van der Waals surface area contributed by atoms with Gasteiger partial charge in [-0.05, 0) is 6.42 Å². The highest BCUT2D eigenvalue weighted by Crippen LogP contribution is 2.44. The average Bonchev–Trinajstić information content (AvgIpc) is 2.42. The third-order valence-electron chi connectivity index (χ3n) is 3.68. The molecule has 3 atom stereocenters. The SMILES string of the molecule is CO[C@@H]1CC[C@](C)([N+](=O)[O-])[C@]1(C)[N+](=O)[O-]. The van der Waals surface area contributed by atoms with Gasteiger partial charge in [-0.1, -0.05) is 0 Å². The minimum Gasteiger partial charge on any atom is -0.374 e. The number of ether oxygens (including phenoxy) is 1. The Morgan fingerprint density at radius 2 is 1.80 bits per heavy atom. The zero-order valence-corrected chi connectivity index (χ0v) is 8.93. The summed E-state index contributed by atoms with van der Waals surface area (Å²) in [6.45, 7) is 2.60. The topological polar surface area (TPSA) is 95.5 Å². The van der Waals surface area contributed by atoms with E-state index in [0.29, 0.717) is 6.42 Å². The van der Waals surface area contributed by atoms with Gasteiger partial charge in [0.25, 0.3) is 5.54 Å². The molecular formula is C8H14N2O5. The van der Waals surface area contributed by atoms with Gasteiger partial charge in [-0.2, -0.15) is 0 Å². The third kappa shape index (κ3) is 1.30. The van der Waals surface area contributed by atoms with E-state index in [9.17, 15) is 20.2 Å². The molecule has 0 spiro atoms. The molecular weight excluding hydrogens is 204 g/mol. The first-order valence-electron chi connectivity index (χ1n) is 4.62. The van der Waals surface area contributed by atoms with Crippen molar-refractivity contribution in [1.82, 2.24) is 0 Å². The number of methoxy groups -OCH3 is 1. The van der Waals surface area contributed by atoms with Gasteiger partial charge in [0, 0.05) is 37.2 Å². The fourth-order valence-corrected chi connectivity index (χ4v) is 2.23. The zero-order chi connectivity index (χ0) is 11.9. The molecule has 7 heteroatoms. The number of rotatable bonds is 3. The first kappa shape index (κ1) is 11.8. The summed E-state index contributed by atoms with van der Waals surface area (Å²) < 4.78 is 4.99. The Bertz CT molecular complexity index is 307. The number of hydrogen-bond donors (Lipinski definition) is 0. The third-order valence-corrected chi connectivity index (χ3v) is 3.68. The molecule has 0 saturated heterocycles. The quantitative estimate of drug-likeness (QED) is 0.517. The van der Waals surface area contributed by atoms with Gasteiger partial charge in [-0.3, -0.25) is 20.2 Å². The van der Waals surface area contributed by atoms with E-state index in [1.807, 2.05) is 0 Å². The summed E-state index contributed by atoms with van der Waals surface area (Å²) in [6.07, 6.45) is -0.204. The lowest BCUT2D eigenvalue weighted by molar-refractivity contribution is -0.679. The smallest absolute Gasteiger partial charge is 0.312 e. The van der Waals surface area contributed by atoms with Crippen molar-refractivity contribution in [2.75, 3.05) is 7.11 Å². The van der Waals surface area contributed by atoms with E-state index in [0.717, 1.165) is 0 Å². The summed E-state index contributed by atoms with van der Waals surface area (Å²) in [5, 5.41) is 22.0. The number of hydrogen-bond acceptors (Lipinski definition) is 5. The molecule has 1 saturated carbocycles. The van der Waals surface area contributed by atoms with Crippen molar-refractivity contribution in [2.45, 2.75) is 43.9 Å². The molecule has 7 nitrogen and oxygen atoms in total. The van der Waals surface area contributed by atoms with Crippen molar-refractivity contribution in [1.29, 1.82) is 0 Å². The highest BCUT2D eigenvalue weighted by atomic mass is 16.7. The predicted octanol–water partition coefficient (Wildman–Crippen LogP) is 0.866. The molecule has 1 fully saturated rings. The van der Waals surface area contributed by atoms with E-state index in [2.05, 4.69) is 0 Å². The van der Waals surface area contributed by atoms with Crippen LogP contribution in [0.25, 0.3) is 0 Å². The molecule has 0 radical (unpaired) electrons. The minimum atomic E-state index is -1.66. The molecule has 1 aliphatic carbocycles. The second kappa shape index (κ2) is 3.41. The Labute approximate surface area is 86.7 Å². The minimum absolute atomic E-state index is 0.163. The maximum absolute atomic E-state index is 11.0. The fraction of sp³-hybridized carbons (Fsp3) is 1.00. The zero-order valence-electron chi connectivity index (χ0n) is 8.93. The molecule has 0 amide bonds. The van der Waals surface area contributed by atoms with E-state index in [4.69, 9.17) is 4.74 Å². The normalized spacial score (nSPS) is 40.3. The van der Waals surface area contributed by atoms with Gasteiger partial charge >= 0.3 is 5.54 Å². The van der Waals surface area contributed by atoms with E-state index in [1.54, 1.807) is 0 Å². The fourth-order valence-electron chi connectivity index (χ4n) is 2.23. The molecule has 0 N–H and O–H groups in total. The lowest BCUT2D eigenvalue weighted by Gasteiger charge is -2.28. The molecule has 0 bridgehead atoms. The molecule has 0 aromatic rings. The van der Waals surface area contributed by atoms with Crippen LogP contribution in [0.3, 0.4) is 0 Å². The summed E-state index contributed by atoms with van der Waals surface area (Å²) in [7, 11) is 1.35. The highest BCUT2D eigenvalue weighted by molar-refractivity contribution is 5.06. The molecule has 15 heavy (non-hydrogen) atoms. The molecule has 1 rings (SSSR count). The maximum Gasteiger partial charge on any atom is 0.312 e. The van der Waals surface area contributed by atoms with Gasteiger partial charge in [0.1, 0.15) is 6.10 Å². The van der Waals surface area contributed by atoms with Crippen molar-refractivity contribution in [3.8, 4) is 0 Å². The van der Waals surface area contributed by atoms with Crippen LogP contribution < -0.4 is 0 Å². The molecule has 0 aromatic carbocycles. The second-order valence-corrected chi connectivity index (χ2v) is 4.20. The summed E-state index contributed by atoms with van der Waals surface area (Å²) in [4.78, 5) is 20.8. The average molecular weight is 218 g/mol. The summed E-state index contributed by atoms with van der Waals surface area (Å²) in [5.41, 5.74) is -3.22. The van der Waals surface area contributed by atoms with Crippen LogP contribution in [0.5, 0.6) is 0 Å². The van der Waals surface area contributed by atoms with Gasteiger partial charge in [0.15, 0.2) is 0 Å². The lowest BCUT2D eigenvalue weighted by atomic mass is 9.82. The van der Waals surface area contributed by atoms with Crippen LogP contribution in [0.2, 0.25) is 0 Å². The first-order chi connectivity index (χ1) is 6.80. The van der Waals surface area contributed by atoms with Gasteiger partial charge in [-0.15, -0.1) is 0 Å². The largest absolute Gasteiger partial charge is 0.374 e. The number of nitro groups is 2. The first-order valence-corrected chi connectivity index (χ1v) is 4.62. The van der Waals surface area contributed by atoms with Gasteiger partial charge in [-0.25, -0.2) is 0 Å². The van der Waals surface area contributed by atoms with Crippen LogP contribution in [0.15, 0.2) is 0 Å². The van der Waals surface area contributed by atoms with Crippen molar-refractivity contribution in [3.05, 3.63) is 20.2 Å². The summed E-state index contributed by atoms with van der Waals surface area (Å²) in [6, 6.07) is 0.